The van der Waals surface area contributed by atoms with Crippen LogP contribution in [-0.4, -0.2) is 54.0 Å². The van der Waals surface area contributed by atoms with Crippen molar-refractivity contribution in [1.82, 2.24) is 4.31 Å². The maximum Gasteiger partial charge on any atom is 0.211 e. The number of hydrogen-bond donors (Lipinski definition) is 2. The van der Waals surface area contributed by atoms with E-state index >= 15 is 0 Å². The summed E-state index contributed by atoms with van der Waals surface area (Å²) in [6, 6.07) is -0.501. The number of rotatable bonds is 3. The van der Waals surface area contributed by atoms with E-state index in [4.69, 9.17) is 0 Å². The fourth-order valence-electron chi connectivity index (χ4n) is 2.17. The standard InChI is InChI=1S/C10H21NO4S/c1-7(2)6-8-10(13)9(12)4-5-11(8)16(3,14)15/h7-10,12-13H,4-6H2,1-3H3/t8-,9+,10-/m0/s1. The van der Waals surface area contributed by atoms with Crippen LogP contribution in [0.1, 0.15) is 26.7 Å². The Kier molecular flexibility index (Phi) is 4.34. The SMILES string of the molecule is CC(C)C[C@H]1[C@H](O)[C@H](O)CCN1S(C)(=O)=O. The Bertz CT molecular complexity index is 328. The van der Waals surface area contributed by atoms with Gasteiger partial charge in [-0.25, -0.2) is 8.42 Å². The second-order valence-electron chi connectivity index (χ2n) is 4.92. The Morgan fingerprint density at radius 3 is 2.38 bits per heavy atom. The predicted molar refractivity (Wildman–Crippen MR) is 61.4 cm³/mol. The normalized spacial score (nSPS) is 33.2. The zero-order valence-electron chi connectivity index (χ0n) is 10.00. The van der Waals surface area contributed by atoms with Gasteiger partial charge in [-0.05, 0) is 18.8 Å². The first-order valence-corrected chi connectivity index (χ1v) is 7.41. The zero-order valence-corrected chi connectivity index (χ0v) is 10.8. The molecule has 0 aromatic heterocycles. The van der Waals surface area contributed by atoms with Gasteiger partial charge in [-0.2, -0.15) is 4.31 Å². The van der Waals surface area contributed by atoms with Crippen LogP contribution in [-0.2, 0) is 10.0 Å². The second kappa shape index (κ2) is 5.00. The van der Waals surface area contributed by atoms with E-state index in [1.807, 2.05) is 13.8 Å². The Morgan fingerprint density at radius 2 is 1.94 bits per heavy atom. The monoisotopic (exact) mass is 251 g/mol. The van der Waals surface area contributed by atoms with Gasteiger partial charge in [0.25, 0.3) is 0 Å². The third-order valence-electron chi connectivity index (χ3n) is 2.94. The van der Waals surface area contributed by atoms with Crippen LogP contribution in [0, 0.1) is 5.92 Å². The Labute approximate surface area is 97.1 Å². The summed E-state index contributed by atoms with van der Waals surface area (Å²) in [4.78, 5) is 0. The maximum absolute atomic E-state index is 11.6. The van der Waals surface area contributed by atoms with Crippen molar-refractivity contribution in [2.45, 2.75) is 44.9 Å². The number of sulfonamides is 1. The minimum atomic E-state index is -3.31. The van der Waals surface area contributed by atoms with Crippen molar-refractivity contribution in [3.63, 3.8) is 0 Å². The molecule has 0 bridgehead atoms. The molecule has 0 amide bonds. The highest BCUT2D eigenvalue weighted by Crippen LogP contribution is 2.25. The Hall–Kier alpha value is -0.170. The minimum absolute atomic E-state index is 0.272. The molecule has 0 aromatic carbocycles. The molecule has 0 unspecified atom stereocenters. The van der Waals surface area contributed by atoms with Crippen LogP contribution in [0.4, 0.5) is 0 Å². The lowest BCUT2D eigenvalue weighted by Gasteiger charge is -2.40. The average Bonchev–Trinajstić information content (AvgIpc) is 2.10. The van der Waals surface area contributed by atoms with Crippen LogP contribution in [0.15, 0.2) is 0 Å². The van der Waals surface area contributed by atoms with Gasteiger partial charge in [0, 0.05) is 6.54 Å². The van der Waals surface area contributed by atoms with Gasteiger partial charge in [0.1, 0.15) is 0 Å². The lowest BCUT2D eigenvalue weighted by molar-refractivity contribution is -0.0568. The third kappa shape index (κ3) is 3.16. The molecule has 1 aliphatic rings. The molecule has 1 heterocycles. The molecule has 1 rings (SSSR count). The molecule has 1 aliphatic heterocycles. The molecule has 5 nitrogen and oxygen atoms in total. The summed E-state index contributed by atoms with van der Waals surface area (Å²) in [6.07, 6.45) is 0.200. The first-order chi connectivity index (χ1) is 7.23. The molecule has 0 aromatic rings. The van der Waals surface area contributed by atoms with Crippen molar-refractivity contribution in [1.29, 1.82) is 0 Å². The van der Waals surface area contributed by atoms with Gasteiger partial charge < -0.3 is 10.2 Å². The molecule has 1 saturated heterocycles. The van der Waals surface area contributed by atoms with Gasteiger partial charge in [-0.1, -0.05) is 13.8 Å². The van der Waals surface area contributed by atoms with Crippen LogP contribution in [0.2, 0.25) is 0 Å². The predicted octanol–water partition coefficient (Wildman–Crippen LogP) is -0.212. The van der Waals surface area contributed by atoms with E-state index in [9.17, 15) is 18.6 Å². The quantitative estimate of drug-likeness (QED) is 0.727. The van der Waals surface area contributed by atoms with Gasteiger partial charge in [0.15, 0.2) is 0 Å². The molecule has 0 saturated carbocycles. The third-order valence-corrected chi connectivity index (χ3v) is 4.25. The van der Waals surface area contributed by atoms with Crippen molar-refractivity contribution < 1.29 is 18.6 Å². The van der Waals surface area contributed by atoms with Gasteiger partial charge in [-0.3, -0.25) is 0 Å². The molecule has 0 spiro atoms. The summed E-state index contributed by atoms with van der Waals surface area (Å²) in [7, 11) is -3.31. The summed E-state index contributed by atoms with van der Waals surface area (Å²) >= 11 is 0. The number of nitrogens with zero attached hydrogens (tertiary/aromatic N) is 1. The largest absolute Gasteiger partial charge is 0.390 e. The number of aliphatic hydroxyl groups is 2. The van der Waals surface area contributed by atoms with Crippen LogP contribution in [0.25, 0.3) is 0 Å². The van der Waals surface area contributed by atoms with Crippen molar-refractivity contribution in [2.24, 2.45) is 5.92 Å². The summed E-state index contributed by atoms with van der Waals surface area (Å²) < 4.78 is 24.4. The van der Waals surface area contributed by atoms with E-state index in [0.29, 0.717) is 12.8 Å². The smallest absolute Gasteiger partial charge is 0.211 e. The van der Waals surface area contributed by atoms with E-state index in [1.165, 1.54) is 4.31 Å². The average molecular weight is 251 g/mol. The molecular formula is C10H21NO4S. The van der Waals surface area contributed by atoms with Gasteiger partial charge in [-0.15, -0.1) is 0 Å². The molecule has 2 N–H and O–H groups in total. The van der Waals surface area contributed by atoms with E-state index < -0.39 is 28.3 Å². The van der Waals surface area contributed by atoms with Crippen molar-refractivity contribution in [3.05, 3.63) is 0 Å². The lowest BCUT2D eigenvalue weighted by Crippen LogP contribution is -2.56. The number of aliphatic hydroxyl groups excluding tert-OH is 2. The number of piperidine rings is 1. The van der Waals surface area contributed by atoms with Crippen molar-refractivity contribution in [2.75, 3.05) is 12.8 Å². The Balaban J connectivity index is 2.90. The highest BCUT2D eigenvalue weighted by atomic mass is 32.2. The van der Waals surface area contributed by atoms with Crippen LogP contribution in [0.5, 0.6) is 0 Å². The summed E-state index contributed by atoms with van der Waals surface area (Å²) in [5.74, 6) is 0.272. The topological polar surface area (TPSA) is 77.8 Å². The molecule has 3 atom stereocenters. The van der Waals surface area contributed by atoms with Crippen LogP contribution < -0.4 is 0 Å². The Morgan fingerprint density at radius 1 is 1.38 bits per heavy atom. The van der Waals surface area contributed by atoms with E-state index in [-0.39, 0.29) is 12.5 Å². The maximum atomic E-state index is 11.6. The fraction of sp³-hybridized carbons (Fsp3) is 1.00. The van der Waals surface area contributed by atoms with Crippen LogP contribution in [0.3, 0.4) is 0 Å². The first kappa shape index (κ1) is 13.9. The van der Waals surface area contributed by atoms with E-state index in [2.05, 4.69) is 0 Å². The van der Waals surface area contributed by atoms with E-state index in [0.717, 1.165) is 6.26 Å². The van der Waals surface area contributed by atoms with Crippen molar-refractivity contribution >= 4 is 10.0 Å². The molecule has 16 heavy (non-hydrogen) atoms. The molecule has 96 valence electrons. The lowest BCUT2D eigenvalue weighted by atomic mass is 9.91. The first-order valence-electron chi connectivity index (χ1n) is 5.56. The molecule has 6 heteroatoms. The summed E-state index contributed by atoms with van der Waals surface area (Å²) in [5, 5.41) is 19.4. The van der Waals surface area contributed by atoms with E-state index in [1.54, 1.807) is 0 Å². The number of hydrogen-bond acceptors (Lipinski definition) is 4. The summed E-state index contributed by atoms with van der Waals surface area (Å²) in [5.41, 5.74) is 0. The molecule has 1 fully saturated rings. The summed E-state index contributed by atoms with van der Waals surface area (Å²) in [6.45, 7) is 4.22. The van der Waals surface area contributed by atoms with Gasteiger partial charge in [0.05, 0.1) is 24.5 Å². The second-order valence-corrected chi connectivity index (χ2v) is 6.85. The van der Waals surface area contributed by atoms with Gasteiger partial charge >= 0.3 is 0 Å². The highest BCUT2D eigenvalue weighted by molar-refractivity contribution is 7.88. The zero-order chi connectivity index (χ0) is 12.5. The highest BCUT2D eigenvalue weighted by Gasteiger charge is 2.40. The minimum Gasteiger partial charge on any atom is -0.390 e. The van der Waals surface area contributed by atoms with Crippen molar-refractivity contribution in [3.8, 4) is 0 Å². The molecular weight excluding hydrogens is 230 g/mol. The van der Waals surface area contributed by atoms with Gasteiger partial charge in [0.2, 0.25) is 10.0 Å². The molecule has 0 radical (unpaired) electrons. The van der Waals surface area contributed by atoms with Crippen LogP contribution >= 0.6 is 0 Å². The fourth-order valence-corrected chi connectivity index (χ4v) is 3.31. The molecule has 0 aliphatic carbocycles.